The van der Waals surface area contributed by atoms with Gasteiger partial charge in [-0.3, -0.25) is 4.79 Å². The van der Waals surface area contributed by atoms with Crippen LogP contribution < -0.4 is 10.0 Å². The van der Waals surface area contributed by atoms with Crippen molar-refractivity contribution < 1.29 is 13.2 Å². The van der Waals surface area contributed by atoms with Crippen molar-refractivity contribution in [1.29, 1.82) is 0 Å². The molecule has 1 aromatic rings. The first-order chi connectivity index (χ1) is 9.17. The van der Waals surface area contributed by atoms with Crippen molar-refractivity contribution in [3.05, 3.63) is 26.7 Å². The number of benzene rings is 1. The number of rotatable bonds is 3. The van der Waals surface area contributed by atoms with E-state index in [1.165, 1.54) is 11.0 Å². The van der Waals surface area contributed by atoms with Crippen LogP contribution in [0.25, 0.3) is 0 Å². The van der Waals surface area contributed by atoms with Gasteiger partial charge in [0.1, 0.15) is 0 Å². The number of carbonyl (C=O) groups is 1. The van der Waals surface area contributed by atoms with Gasteiger partial charge in [-0.2, -0.15) is 0 Å². The molecule has 2 N–H and O–H groups in total. The summed E-state index contributed by atoms with van der Waals surface area (Å²) < 4.78 is 22.8. The Hall–Kier alpha value is -0.340. The molecular formula is C11H11BrCl2N2O3S. The quantitative estimate of drug-likeness (QED) is 0.844. The summed E-state index contributed by atoms with van der Waals surface area (Å²) in [6, 6.07) is 3.16. The van der Waals surface area contributed by atoms with Gasteiger partial charge in [0, 0.05) is 28.4 Å². The predicted octanol–water partition coefficient (Wildman–Crippen LogP) is 2.40. The van der Waals surface area contributed by atoms with E-state index in [0.29, 0.717) is 20.2 Å². The Balaban J connectivity index is 2.29. The Morgan fingerprint density at radius 1 is 1.40 bits per heavy atom. The van der Waals surface area contributed by atoms with Crippen molar-refractivity contribution in [2.75, 3.05) is 17.2 Å². The molecule has 1 saturated heterocycles. The van der Waals surface area contributed by atoms with Gasteiger partial charge in [-0.1, -0.05) is 23.2 Å². The van der Waals surface area contributed by atoms with Gasteiger partial charge in [0.05, 0.1) is 16.5 Å². The summed E-state index contributed by atoms with van der Waals surface area (Å²) in [4.78, 5) is 13.5. The maximum absolute atomic E-state index is 12.0. The lowest BCUT2D eigenvalue weighted by molar-refractivity contribution is -0.117. The number of amides is 1. The highest BCUT2D eigenvalue weighted by Gasteiger charge is 2.34. The molecule has 1 heterocycles. The molecule has 0 bridgehead atoms. The summed E-state index contributed by atoms with van der Waals surface area (Å²) in [5, 5.41) is 5.78. The van der Waals surface area contributed by atoms with E-state index in [9.17, 15) is 13.2 Å². The molecule has 9 heteroatoms. The van der Waals surface area contributed by atoms with E-state index in [1.807, 2.05) is 0 Å². The highest BCUT2D eigenvalue weighted by Crippen LogP contribution is 2.39. The van der Waals surface area contributed by atoms with Gasteiger partial charge in [-0.05, 0) is 28.1 Å². The normalized spacial score (nSPS) is 19.7. The van der Waals surface area contributed by atoms with Gasteiger partial charge in [0.2, 0.25) is 15.9 Å². The fraction of sp³-hybridized carbons (Fsp3) is 0.364. The minimum absolute atomic E-state index is 0.127. The second-order valence-corrected chi connectivity index (χ2v) is 7.98. The number of anilines is 1. The van der Waals surface area contributed by atoms with Gasteiger partial charge in [-0.15, -0.1) is 0 Å². The van der Waals surface area contributed by atoms with Crippen LogP contribution in [0.1, 0.15) is 6.42 Å². The molecule has 1 aromatic carbocycles. The average Bonchev–Trinajstić information content (AvgIpc) is 2.55. The molecule has 1 atom stereocenters. The number of carbonyl (C=O) groups excluding carboxylic acids is 1. The van der Waals surface area contributed by atoms with Crippen molar-refractivity contribution in [1.82, 2.24) is 0 Å². The Kier molecular flexibility index (Phi) is 4.66. The third-order valence-electron chi connectivity index (χ3n) is 2.92. The number of hydrogen-bond donors (Lipinski definition) is 1. The molecule has 5 nitrogen and oxygen atoms in total. The van der Waals surface area contributed by atoms with Crippen LogP contribution in [-0.4, -0.2) is 26.6 Å². The lowest BCUT2D eigenvalue weighted by atomic mass is 10.1. The molecule has 0 spiro atoms. The Morgan fingerprint density at radius 2 is 2.05 bits per heavy atom. The first kappa shape index (κ1) is 16.0. The summed E-state index contributed by atoms with van der Waals surface area (Å²) in [5.41, 5.74) is 0.498. The van der Waals surface area contributed by atoms with Crippen LogP contribution in [0.2, 0.25) is 10.0 Å². The van der Waals surface area contributed by atoms with Crippen molar-refractivity contribution >= 4 is 60.7 Å². The monoisotopic (exact) mass is 400 g/mol. The zero-order valence-electron chi connectivity index (χ0n) is 10.1. The topological polar surface area (TPSA) is 80.5 Å². The predicted molar refractivity (Wildman–Crippen MR) is 82.6 cm³/mol. The standard InChI is InChI=1S/C11H11BrCl2N2O3S/c12-8-2-7(13)3-9(14)11(8)16-4-6(1-10(16)17)5-20(15,18)19/h2-3,6H,1,4-5H2,(H2,15,18,19). The second kappa shape index (κ2) is 5.81. The van der Waals surface area contributed by atoms with Crippen LogP contribution in [0.3, 0.4) is 0 Å². The summed E-state index contributed by atoms with van der Waals surface area (Å²) >= 11 is 15.3. The fourth-order valence-electron chi connectivity index (χ4n) is 2.23. The molecule has 0 saturated carbocycles. The molecule has 20 heavy (non-hydrogen) atoms. The molecule has 110 valence electrons. The third-order valence-corrected chi connectivity index (χ3v) is 4.97. The van der Waals surface area contributed by atoms with Gasteiger partial charge in [0.25, 0.3) is 0 Å². The van der Waals surface area contributed by atoms with Crippen LogP contribution in [-0.2, 0) is 14.8 Å². The van der Waals surface area contributed by atoms with E-state index in [4.69, 9.17) is 28.3 Å². The maximum Gasteiger partial charge on any atom is 0.227 e. The summed E-state index contributed by atoms with van der Waals surface area (Å²) in [6.07, 6.45) is 0.127. The molecule has 0 radical (unpaired) electrons. The van der Waals surface area contributed by atoms with Crippen LogP contribution in [0.4, 0.5) is 5.69 Å². The minimum atomic E-state index is -3.61. The zero-order valence-corrected chi connectivity index (χ0v) is 14.1. The summed E-state index contributed by atoms with van der Waals surface area (Å²) in [5.74, 6) is -0.752. The largest absolute Gasteiger partial charge is 0.310 e. The number of halogens is 3. The average molecular weight is 402 g/mol. The molecule has 1 fully saturated rings. The first-order valence-corrected chi connectivity index (χ1v) is 8.89. The van der Waals surface area contributed by atoms with Crippen molar-refractivity contribution in [2.45, 2.75) is 6.42 Å². The highest BCUT2D eigenvalue weighted by atomic mass is 79.9. The molecular weight excluding hydrogens is 391 g/mol. The number of nitrogens with zero attached hydrogens (tertiary/aromatic N) is 1. The Labute approximate surface area is 135 Å². The number of primary sulfonamides is 1. The number of nitrogens with two attached hydrogens (primary N) is 1. The molecule has 1 aliphatic rings. The summed E-state index contributed by atoms with van der Waals surface area (Å²) in [6.45, 7) is 0.259. The Bertz CT molecular complexity index is 643. The van der Waals surface area contributed by atoms with E-state index < -0.39 is 10.0 Å². The van der Waals surface area contributed by atoms with E-state index in [1.54, 1.807) is 6.07 Å². The summed E-state index contributed by atoms with van der Waals surface area (Å²) in [7, 11) is -3.61. The van der Waals surface area contributed by atoms with Crippen LogP contribution in [0, 0.1) is 5.92 Å². The van der Waals surface area contributed by atoms with Gasteiger partial charge >= 0.3 is 0 Å². The SMILES string of the molecule is NS(=O)(=O)CC1CC(=O)N(c2c(Cl)cc(Cl)cc2Br)C1. The number of sulfonamides is 1. The molecule has 1 aliphatic heterocycles. The maximum atomic E-state index is 12.0. The van der Waals surface area contributed by atoms with E-state index in [2.05, 4.69) is 15.9 Å². The highest BCUT2D eigenvalue weighted by molar-refractivity contribution is 9.10. The molecule has 0 aliphatic carbocycles. The van der Waals surface area contributed by atoms with Crippen molar-refractivity contribution in [2.24, 2.45) is 11.1 Å². The minimum Gasteiger partial charge on any atom is -0.310 e. The van der Waals surface area contributed by atoms with Gasteiger partial charge in [0.15, 0.2) is 0 Å². The second-order valence-electron chi connectivity index (χ2n) is 4.62. The Morgan fingerprint density at radius 3 is 2.60 bits per heavy atom. The van der Waals surface area contributed by atoms with Crippen LogP contribution in [0.5, 0.6) is 0 Å². The molecule has 0 aromatic heterocycles. The lowest BCUT2D eigenvalue weighted by Crippen LogP contribution is -2.28. The van der Waals surface area contributed by atoms with E-state index in [-0.39, 0.29) is 30.5 Å². The van der Waals surface area contributed by atoms with E-state index >= 15 is 0 Å². The lowest BCUT2D eigenvalue weighted by Gasteiger charge is -2.20. The molecule has 1 amide bonds. The van der Waals surface area contributed by atoms with Gasteiger partial charge < -0.3 is 4.90 Å². The molecule has 2 rings (SSSR count). The van der Waals surface area contributed by atoms with E-state index in [0.717, 1.165) is 0 Å². The van der Waals surface area contributed by atoms with Crippen molar-refractivity contribution in [3.63, 3.8) is 0 Å². The fourth-order valence-corrected chi connectivity index (χ4v) is 4.63. The van der Waals surface area contributed by atoms with Crippen LogP contribution in [0.15, 0.2) is 16.6 Å². The van der Waals surface area contributed by atoms with Crippen LogP contribution >= 0.6 is 39.1 Å². The zero-order chi connectivity index (χ0) is 15.1. The third kappa shape index (κ3) is 3.65. The smallest absolute Gasteiger partial charge is 0.227 e. The van der Waals surface area contributed by atoms with Gasteiger partial charge in [-0.25, -0.2) is 13.6 Å². The van der Waals surface area contributed by atoms with Crippen molar-refractivity contribution in [3.8, 4) is 0 Å². The number of hydrogen-bond acceptors (Lipinski definition) is 3. The molecule has 1 unspecified atom stereocenters. The first-order valence-electron chi connectivity index (χ1n) is 5.63.